The smallest absolute Gasteiger partial charge is 0.416 e. The largest absolute Gasteiger partial charge is 0.467 e. The van der Waals surface area contributed by atoms with Crippen molar-refractivity contribution in [2.75, 3.05) is 7.11 Å². The Morgan fingerprint density at radius 3 is 2.18 bits per heavy atom. The van der Waals surface area contributed by atoms with Gasteiger partial charge in [0.05, 0.1) is 18.4 Å². The predicted molar refractivity (Wildman–Crippen MR) is 110 cm³/mol. The van der Waals surface area contributed by atoms with E-state index in [9.17, 15) is 27.6 Å². The van der Waals surface area contributed by atoms with E-state index in [2.05, 4.69) is 15.4 Å². The van der Waals surface area contributed by atoms with Crippen molar-refractivity contribution in [3.63, 3.8) is 0 Å². The van der Waals surface area contributed by atoms with Crippen LogP contribution in [0.25, 0.3) is 17.1 Å². The van der Waals surface area contributed by atoms with E-state index in [0.29, 0.717) is 16.8 Å². The van der Waals surface area contributed by atoms with E-state index in [1.165, 1.54) is 24.0 Å². The lowest BCUT2D eigenvalue weighted by molar-refractivity contribution is -0.155. The number of alkyl halides is 3. The number of methoxy groups -OCH3 is 1. The third kappa shape index (κ3) is 4.56. The van der Waals surface area contributed by atoms with E-state index >= 15 is 0 Å². The molecule has 4 rings (SSSR count). The molecule has 1 atom stereocenters. The third-order valence-corrected chi connectivity index (χ3v) is 5.11. The van der Waals surface area contributed by atoms with Gasteiger partial charge in [0, 0.05) is 24.1 Å². The molecule has 0 bridgehead atoms. The van der Waals surface area contributed by atoms with Gasteiger partial charge in [0.2, 0.25) is 5.82 Å². The van der Waals surface area contributed by atoms with Crippen LogP contribution in [0.2, 0.25) is 0 Å². The molecule has 12 heteroatoms. The van der Waals surface area contributed by atoms with Crippen molar-refractivity contribution in [2.24, 2.45) is 0 Å². The molecule has 0 saturated carbocycles. The lowest BCUT2D eigenvalue weighted by Crippen LogP contribution is -2.46. The second kappa shape index (κ2) is 8.89. The van der Waals surface area contributed by atoms with Crippen LogP contribution in [0.3, 0.4) is 0 Å². The number of hydrogen-bond donors (Lipinski definition) is 0. The third-order valence-electron chi connectivity index (χ3n) is 5.11. The second-order valence-corrected chi connectivity index (χ2v) is 7.27. The normalized spacial score (nSPS) is 14.5. The quantitative estimate of drug-likeness (QED) is 0.401. The second-order valence-electron chi connectivity index (χ2n) is 7.27. The van der Waals surface area contributed by atoms with E-state index in [1.54, 1.807) is 24.3 Å². The van der Waals surface area contributed by atoms with Crippen molar-refractivity contribution in [3.8, 4) is 17.1 Å². The number of halogens is 3. The van der Waals surface area contributed by atoms with Crippen LogP contribution >= 0.6 is 0 Å². The molecule has 0 N–H and O–H groups in total. The van der Waals surface area contributed by atoms with E-state index in [-0.39, 0.29) is 12.2 Å². The lowest BCUT2D eigenvalue weighted by atomic mass is 10.0. The van der Waals surface area contributed by atoms with Crippen molar-refractivity contribution in [2.45, 2.75) is 18.6 Å². The lowest BCUT2D eigenvalue weighted by Gasteiger charge is -2.23. The first-order valence-electron chi connectivity index (χ1n) is 9.87. The average Bonchev–Trinajstić information content (AvgIpc) is 3.44. The fraction of sp³-hybridized carbons (Fsp3) is 0.182. The zero-order valence-corrected chi connectivity index (χ0v) is 17.6. The maximum absolute atomic E-state index is 12.7. The molecule has 0 fully saturated rings. The number of carbonyl (C=O) groups excluding carboxylic acids is 3. The van der Waals surface area contributed by atoms with Crippen molar-refractivity contribution in [1.29, 1.82) is 0 Å². The summed E-state index contributed by atoms with van der Waals surface area (Å²) < 4.78 is 43.0. The molecule has 9 nitrogen and oxygen atoms in total. The molecule has 1 aliphatic rings. The molecule has 34 heavy (non-hydrogen) atoms. The summed E-state index contributed by atoms with van der Waals surface area (Å²) in [5, 5.41) is 12.0. The Kier molecular flexibility index (Phi) is 5.97. The van der Waals surface area contributed by atoms with Crippen LogP contribution in [0.5, 0.6) is 0 Å². The van der Waals surface area contributed by atoms with Crippen molar-refractivity contribution < 1.29 is 32.3 Å². The fourth-order valence-corrected chi connectivity index (χ4v) is 3.37. The highest BCUT2D eigenvalue weighted by atomic mass is 19.4. The summed E-state index contributed by atoms with van der Waals surface area (Å²) in [5.41, 5.74) is 0.719. The number of hydrogen-bond acceptors (Lipinski definition) is 7. The summed E-state index contributed by atoms with van der Waals surface area (Å²) in [5.74, 6) is -1.78. The van der Waals surface area contributed by atoms with Gasteiger partial charge in [-0.25, -0.2) is 4.79 Å². The van der Waals surface area contributed by atoms with Gasteiger partial charge in [-0.05, 0) is 35.0 Å². The molecule has 1 aromatic heterocycles. The maximum Gasteiger partial charge on any atom is 0.416 e. The first-order chi connectivity index (χ1) is 16.2. The maximum atomic E-state index is 12.7. The minimum atomic E-state index is -4.44. The SMILES string of the molecule is COC(=O)[C@H](Cc1ccc(-n2nnc(-c3ccc(C(F)(F)F)cc3)n2)cc1)N1C(=O)C=CC1=O. The molecular weight excluding hydrogens is 455 g/mol. The number of ether oxygens (including phenoxy) is 1. The minimum Gasteiger partial charge on any atom is -0.467 e. The number of carbonyl (C=O) groups is 3. The molecule has 174 valence electrons. The Labute approximate surface area is 190 Å². The molecule has 0 saturated heterocycles. The van der Waals surface area contributed by atoms with Crippen LogP contribution in [0, 0.1) is 0 Å². The minimum absolute atomic E-state index is 0.0354. The van der Waals surface area contributed by atoms with Gasteiger partial charge < -0.3 is 4.74 Å². The van der Waals surface area contributed by atoms with Crippen LogP contribution in [0.1, 0.15) is 11.1 Å². The summed E-state index contributed by atoms with van der Waals surface area (Å²) in [6.45, 7) is 0. The summed E-state index contributed by atoms with van der Waals surface area (Å²) in [4.78, 5) is 38.2. The van der Waals surface area contributed by atoms with Crippen LogP contribution in [-0.4, -0.2) is 56.0 Å². The summed E-state index contributed by atoms with van der Waals surface area (Å²) in [6, 6.07) is 9.85. The van der Waals surface area contributed by atoms with Gasteiger partial charge in [-0.2, -0.15) is 13.2 Å². The van der Waals surface area contributed by atoms with Gasteiger partial charge >= 0.3 is 12.1 Å². The first kappa shape index (κ1) is 22.8. The summed E-state index contributed by atoms with van der Waals surface area (Å²) in [7, 11) is 1.17. The highest BCUT2D eigenvalue weighted by molar-refractivity contribution is 6.14. The monoisotopic (exact) mass is 471 g/mol. The van der Waals surface area contributed by atoms with E-state index < -0.39 is 35.6 Å². The highest BCUT2D eigenvalue weighted by Gasteiger charge is 2.36. The van der Waals surface area contributed by atoms with E-state index in [1.807, 2.05) is 0 Å². The summed E-state index contributed by atoms with van der Waals surface area (Å²) in [6.07, 6.45) is -2.23. The van der Waals surface area contributed by atoms with Crippen LogP contribution in [0.4, 0.5) is 13.2 Å². The number of amides is 2. The number of esters is 1. The molecular formula is C22H16F3N5O4. The van der Waals surface area contributed by atoms with Crippen molar-refractivity contribution in [3.05, 3.63) is 71.8 Å². The number of rotatable bonds is 6. The van der Waals surface area contributed by atoms with Crippen LogP contribution in [0.15, 0.2) is 60.7 Å². The van der Waals surface area contributed by atoms with Crippen molar-refractivity contribution >= 4 is 17.8 Å². The van der Waals surface area contributed by atoms with Crippen LogP contribution in [-0.2, 0) is 31.7 Å². The summed E-state index contributed by atoms with van der Waals surface area (Å²) >= 11 is 0. The Morgan fingerprint density at radius 2 is 1.62 bits per heavy atom. The molecule has 0 radical (unpaired) electrons. The van der Waals surface area contributed by atoms with Gasteiger partial charge in [-0.3, -0.25) is 14.5 Å². The Hall–Kier alpha value is -4.35. The van der Waals surface area contributed by atoms with Gasteiger partial charge in [0.25, 0.3) is 11.8 Å². The first-order valence-corrected chi connectivity index (χ1v) is 9.87. The van der Waals surface area contributed by atoms with Crippen molar-refractivity contribution in [1.82, 2.24) is 25.1 Å². The number of tetrazole rings is 1. The molecule has 3 aromatic rings. The van der Waals surface area contributed by atoms with E-state index in [0.717, 1.165) is 29.2 Å². The van der Waals surface area contributed by atoms with Gasteiger partial charge in [0.1, 0.15) is 6.04 Å². The fourth-order valence-electron chi connectivity index (χ4n) is 3.37. The molecule has 0 spiro atoms. The Bertz CT molecular complexity index is 1250. The Balaban J connectivity index is 1.50. The van der Waals surface area contributed by atoms with Gasteiger partial charge in [-0.15, -0.1) is 15.0 Å². The number of aromatic nitrogens is 4. The molecule has 2 amide bonds. The zero-order valence-electron chi connectivity index (χ0n) is 17.6. The zero-order chi connectivity index (χ0) is 24.5. The topological polar surface area (TPSA) is 107 Å². The standard InChI is InChI=1S/C22H16F3N5O4/c1-34-21(33)17(29-18(31)10-11-19(29)32)12-13-2-8-16(9-3-13)30-27-20(26-28-30)14-4-6-15(7-5-14)22(23,24)25/h2-11,17H,12H2,1H3/t17-/m0/s1. The van der Waals surface area contributed by atoms with Gasteiger partial charge in [-0.1, -0.05) is 24.3 Å². The van der Waals surface area contributed by atoms with Crippen LogP contribution < -0.4 is 0 Å². The number of nitrogens with zero attached hydrogens (tertiary/aromatic N) is 5. The predicted octanol–water partition coefficient (Wildman–Crippen LogP) is 2.36. The Morgan fingerprint density at radius 1 is 1.00 bits per heavy atom. The highest BCUT2D eigenvalue weighted by Crippen LogP contribution is 2.30. The molecule has 0 aliphatic carbocycles. The molecule has 2 heterocycles. The average molecular weight is 471 g/mol. The van der Waals surface area contributed by atoms with Gasteiger partial charge in [0.15, 0.2) is 0 Å². The molecule has 2 aromatic carbocycles. The van der Waals surface area contributed by atoms with E-state index in [4.69, 9.17) is 4.74 Å². The molecule has 0 unspecified atom stereocenters. The number of imide groups is 1. The molecule has 1 aliphatic heterocycles. The number of benzene rings is 2.